The summed E-state index contributed by atoms with van der Waals surface area (Å²) in [5, 5.41) is 4.95. The molecule has 110 valence electrons. The number of primary amides is 1. The summed E-state index contributed by atoms with van der Waals surface area (Å²) in [6.45, 7) is 1.95. The lowest BCUT2D eigenvalue weighted by Gasteiger charge is -2.14. The Kier molecular flexibility index (Phi) is 5.41. The highest BCUT2D eigenvalue weighted by Gasteiger charge is 2.15. The van der Waals surface area contributed by atoms with Crippen LogP contribution in [0.1, 0.15) is 28.2 Å². The van der Waals surface area contributed by atoms with Crippen LogP contribution in [-0.4, -0.2) is 17.6 Å². The first kappa shape index (κ1) is 15.6. The van der Waals surface area contributed by atoms with Gasteiger partial charge in [0.2, 0.25) is 5.91 Å². The zero-order chi connectivity index (χ0) is 15.2. The van der Waals surface area contributed by atoms with E-state index in [9.17, 15) is 9.59 Å². The summed E-state index contributed by atoms with van der Waals surface area (Å²) in [5.74, 6) is -0.393. The van der Waals surface area contributed by atoms with Crippen LogP contribution < -0.4 is 11.1 Å². The monoisotopic (exact) mass is 320 g/mol. The lowest BCUT2D eigenvalue weighted by Crippen LogP contribution is -2.26. The van der Waals surface area contributed by atoms with Crippen molar-refractivity contribution in [2.45, 2.75) is 17.9 Å². The molecule has 2 aromatic rings. The van der Waals surface area contributed by atoms with Crippen LogP contribution in [0.5, 0.6) is 0 Å². The Morgan fingerprint density at radius 2 is 2.05 bits per heavy atom. The molecule has 0 aliphatic carbocycles. The molecule has 0 bridgehead atoms. The zero-order valence-corrected chi connectivity index (χ0v) is 13.2. The Labute approximate surface area is 131 Å². The summed E-state index contributed by atoms with van der Waals surface area (Å²) < 4.78 is 0. The molecule has 2 amide bonds. The number of amides is 2. The summed E-state index contributed by atoms with van der Waals surface area (Å²) in [6, 6.07) is 11.1. The van der Waals surface area contributed by atoms with Gasteiger partial charge in [-0.3, -0.25) is 9.59 Å². The first-order valence-corrected chi connectivity index (χ1v) is 8.29. The van der Waals surface area contributed by atoms with Crippen LogP contribution in [0.25, 0.3) is 0 Å². The molecule has 1 atom stereocenters. The fraction of sp³-hybridized carbons (Fsp3) is 0.200. The quantitative estimate of drug-likeness (QED) is 0.804. The van der Waals surface area contributed by atoms with Crippen LogP contribution in [-0.2, 0) is 4.79 Å². The van der Waals surface area contributed by atoms with E-state index in [1.807, 2.05) is 36.6 Å². The van der Waals surface area contributed by atoms with Gasteiger partial charge in [0.05, 0.1) is 17.4 Å². The largest absolute Gasteiger partial charge is 0.369 e. The molecule has 1 heterocycles. The number of nitrogens with two attached hydrogens (primary N) is 1. The number of nitrogens with one attached hydrogen (secondary N) is 1. The molecule has 0 aliphatic rings. The third-order valence-electron chi connectivity index (χ3n) is 2.82. The van der Waals surface area contributed by atoms with Crippen molar-refractivity contribution >= 4 is 34.9 Å². The van der Waals surface area contributed by atoms with Gasteiger partial charge in [0.25, 0.3) is 5.91 Å². The number of thiophene rings is 1. The van der Waals surface area contributed by atoms with Crippen molar-refractivity contribution in [3.63, 3.8) is 0 Å². The maximum atomic E-state index is 12.4. The summed E-state index contributed by atoms with van der Waals surface area (Å²) in [5.41, 5.74) is 5.71. The molecule has 3 N–H and O–H groups in total. The third kappa shape index (κ3) is 4.34. The van der Waals surface area contributed by atoms with Gasteiger partial charge >= 0.3 is 0 Å². The second-order valence-corrected chi connectivity index (χ2v) is 6.46. The van der Waals surface area contributed by atoms with Crippen molar-refractivity contribution in [1.29, 1.82) is 0 Å². The van der Waals surface area contributed by atoms with E-state index in [1.165, 1.54) is 11.8 Å². The smallest absolute Gasteiger partial charge is 0.252 e. The van der Waals surface area contributed by atoms with Crippen LogP contribution in [0.3, 0.4) is 0 Å². The maximum Gasteiger partial charge on any atom is 0.252 e. The van der Waals surface area contributed by atoms with Gasteiger partial charge in [-0.2, -0.15) is 0 Å². The van der Waals surface area contributed by atoms with Crippen molar-refractivity contribution in [3.05, 3.63) is 52.2 Å². The minimum atomic E-state index is -0.401. The molecule has 0 spiro atoms. The lowest BCUT2D eigenvalue weighted by atomic mass is 10.2. The van der Waals surface area contributed by atoms with E-state index in [0.29, 0.717) is 5.56 Å². The molecule has 0 saturated carbocycles. The predicted molar refractivity (Wildman–Crippen MR) is 86.6 cm³/mol. The third-order valence-corrected chi connectivity index (χ3v) is 4.97. The van der Waals surface area contributed by atoms with Gasteiger partial charge < -0.3 is 11.1 Å². The number of benzene rings is 1. The van der Waals surface area contributed by atoms with Gasteiger partial charge in [-0.05, 0) is 30.5 Å². The Bertz CT molecular complexity index is 626. The molecule has 6 heteroatoms. The summed E-state index contributed by atoms with van der Waals surface area (Å²) in [6.07, 6.45) is 0. The second-order valence-electron chi connectivity index (χ2n) is 4.46. The molecule has 1 aromatic heterocycles. The topological polar surface area (TPSA) is 72.2 Å². The summed E-state index contributed by atoms with van der Waals surface area (Å²) in [7, 11) is 0. The first-order chi connectivity index (χ1) is 10.1. The molecular weight excluding hydrogens is 304 g/mol. The summed E-state index contributed by atoms with van der Waals surface area (Å²) >= 11 is 2.88. The van der Waals surface area contributed by atoms with Crippen LogP contribution in [0.2, 0.25) is 0 Å². The molecule has 4 nitrogen and oxygen atoms in total. The van der Waals surface area contributed by atoms with Crippen LogP contribution in [0, 0.1) is 0 Å². The standard InChI is InChI=1S/C15H16N2O2S2/c1-10(12-7-4-8-20-12)17-15(19)11-5-2-3-6-13(11)21-9-14(16)18/h2-8,10H,9H2,1H3,(H2,16,18)(H,17,19)/t10-/m0/s1. The number of hydrogen-bond donors (Lipinski definition) is 2. The average Bonchev–Trinajstić information content (AvgIpc) is 2.99. The number of hydrogen-bond acceptors (Lipinski definition) is 4. The van der Waals surface area contributed by atoms with Gasteiger partial charge in [-0.1, -0.05) is 18.2 Å². The zero-order valence-electron chi connectivity index (χ0n) is 11.5. The van der Waals surface area contributed by atoms with Crippen molar-refractivity contribution in [2.24, 2.45) is 5.73 Å². The van der Waals surface area contributed by atoms with Crippen molar-refractivity contribution in [2.75, 3.05) is 5.75 Å². The van der Waals surface area contributed by atoms with E-state index >= 15 is 0 Å². The molecule has 21 heavy (non-hydrogen) atoms. The highest BCUT2D eigenvalue weighted by atomic mass is 32.2. The van der Waals surface area contributed by atoms with Crippen LogP contribution in [0.4, 0.5) is 0 Å². The van der Waals surface area contributed by atoms with Crippen LogP contribution >= 0.6 is 23.1 Å². The van der Waals surface area contributed by atoms with E-state index in [0.717, 1.165) is 9.77 Å². The Balaban J connectivity index is 2.10. The lowest BCUT2D eigenvalue weighted by molar-refractivity contribution is -0.115. The molecule has 0 radical (unpaired) electrons. The minimum absolute atomic E-state index is 0.0494. The van der Waals surface area contributed by atoms with Gasteiger partial charge in [-0.15, -0.1) is 23.1 Å². The van der Waals surface area contributed by atoms with Crippen molar-refractivity contribution in [3.8, 4) is 0 Å². The molecular formula is C15H16N2O2S2. The number of rotatable bonds is 6. The van der Waals surface area contributed by atoms with Crippen LogP contribution in [0.15, 0.2) is 46.7 Å². The minimum Gasteiger partial charge on any atom is -0.369 e. The number of carbonyl (C=O) groups is 2. The SMILES string of the molecule is C[C@H](NC(=O)c1ccccc1SCC(N)=O)c1cccs1. The molecule has 0 fully saturated rings. The van der Waals surface area contributed by atoms with E-state index in [-0.39, 0.29) is 17.7 Å². The van der Waals surface area contributed by atoms with E-state index in [1.54, 1.807) is 23.5 Å². The van der Waals surface area contributed by atoms with Gasteiger partial charge in [0, 0.05) is 9.77 Å². The second kappa shape index (κ2) is 7.28. The molecule has 0 unspecified atom stereocenters. The highest BCUT2D eigenvalue weighted by Crippen LogP contribution is 2.24. The number of thioether (sulfide) groups is 1. The number of carbonyl (C=O) groups excluding carboxylic acids is 2. The van der Waals surface area contributed by atoms with Gasteiger partial charge in [0.1, 0.15) is 0 Å². The van der Waals surface area contributed by atoms with Crippen molar-refractivity contribution in [1.82, 2.24) is 5.32 Å². The predicted octanol–water partition coefficient (Wildman–Crippen LogP) is 2.82. The van der Waals surface area contributed by atoms with Gasteiger partial charge in [0.15, 0.2) is 0 Å². The Morgan fingerprint density at radius 3 is 2.71 bits per heavy atom. The van der Waals surface area contributed by atoms with E-state index in [4.69, 9.17) is 5.73 Å². The highest BCUT2D eigenvalue weighted by molar-refractivity contribution is 8.00. The molecule has 1 aromatic carbocycles. The molecule has 0 aliphatic heterocycles. The fourth-order valence-corrected chi connectivity index (χ4v) is 3.34. The summed E-state index contributed by atoms with van der Waals surface area (Å²) in [4.78, 5) is 25.1. The normalized spacial score (nSPS) is 11.9. The van der Waals surface area contributed by atoms with Gasteiger partial charge in [-0.25, -0.2) is 0 Å². The Hall–Kier alpha value is -1.79. The Morgan fingerprint density at radius 1 is 1.29 bits per heavy atom. The first-order valence-electron chi connectivity index (χ1n) is 6.42. The van der Waals surface area contributed by atoms with E-state index in [2.05, 4.69) is 5.32 Å². The van der Waals surface area contributed by atoms with Crippen molar-refractivity contribution < 1.29 is 9.59 Å². The molecule has 0 saturated heterocycles. The average molecular weight is 320 g/mol. The fourth-order valence-electron chi connectivity index (χ4n) is 1.81. The maximum absolute atomic E-state index is 12.4. The van der Waals surface area contributed by atoms with E-state index < -0.39 is 5.91 Å². The molecule has 2 rings (SSSR count).